The van der Waals surface area contributed by atoms with Gasteiger partial charge < -0.3 is 5.11 Å². The fourth-order valence-electron chi connectivity index (χ4n) is 1.97. The summed E-state index contributed by atoms with van der Waals surface area (Å²) in [5.41, 5.74) is 0.931. The molecule has 0 radical (unpaired) electrons. The number of aromatic nitrogens is 1. The smallest absolute Gasteiger partial charge is 0.347 e. The first-order valence-corrected chi connectivity index (χ1v) is 9.04. The number of aryl methyl sites for hydroxylation is 1. The van der Waals surface area contributed by atoms with Crippen LogP contribution in [0.25, 0.3) is 10.6 Å². The van der Waals surface area contributed by atoms with Gasteiger partial charge in [0, 0.05) is 5.56 Å². The average molecular weight is 350 g/mol. The Balaban J connectivity index is 2.59. The van der Waals surface area contributed by atoms with Gasteiger partial charge in [-0.05, 0) is 32.9 Å². The van der Waals surface area contributed by atoms with Crippen molar-refractivity contribution < 1.29 is 18.3 Å². The molecular formula is C15H14N2O4S2. The van der Waals surface area contributed by atoms with Crippen LogP contribution in [0.3, 0.4) is 0 Å². The van der Waals surface area contributed by atoms with Gasteiger partial charge in [-0.1, -0.05) is 6.07 Å². The number of rotatable bonds is 4. The molecule has 0 aliphatic rings. The van der Waals surface area contributed by atoms with Gasteiger partial charge in [0.05, 0.1) is 21.4 Å². The molecule has 1 heterocycles. The molecule has 0 spiro atoms. The third-order valence-corrected chi connectivity index (χ3v) is 6.67. The Morgan fingerprint density at radius 3 is 2.52 bits per heavy atom. The summed E-state index contributed by atoms with van der Waals surface area (Å²) < 4.78 is 24.5. The quantitative estimate of drug-likeness (QED) is 0.908. The van der Waals surface area contributed by atoms with Crippen LogP contribution >= 0.6 is 11.3 Å². The number of nitrogens with zero attached hydrogens (tertiary/aromatic N) is 2. The summed E-state index contributed by atoms with van der Waals surface area (Å²) >= 11 is 0.990. The number of carbonyl (C=O) groups is 1. The molecule has 0 unspecified atom stereocenters. The second-order valence-electron chi connectivity index (χ2n) is 5.16. The Hall–Kier alpha value is -2.24. The third kappa shape index (κ3) is 3.11. The van der Waals surface area contributed by atoms with Crippen LogP contribution in [0.1, 0.15) is 34.8 Å². The number of hydrogen-bond donors (Lipinski definition) is 1. The van der Waals surface area contributed by atoms with Crippen molar-refractivity contribution in [1.29, 1.82) is 5.26 Å². The zero-order valence-electron chi connectivity index (χ0n) is 12.7. The van der Waals surface area contributed by atoms with E-state index in [1.165, 1.54) is 12.1 Å². The number of carboxylic acid groups (broad SMARTS) is 1. The molecule has 2 aromatic rings. The molecule has 6 nitrogen and oxygen atoms in total. The fraction of sp³-hybridized carbons (Fsp3) is 0.267. The zero-order valence-corrected chi connectivity index (χ0v) is 14.3. The molecule has 8 heteroatoms. The van der Waals surface area contributed by atoms with Crippen LogP contribution in [0, 0.1) is 18.3 Å². The van der Waals surface area contributed by atoms with E-state index in [9.17, 15) is 18.5 Å². The van der Waals surface area contributed by atoms with Gasteiger partial charge in [0.25, 0.3) is 0 Å². The standard InChI is InChI=1S/C15H14N2O4S2/c1-8(2)23(20,21)12-5-4-10(6-11(12)7-16)14-17-9(3)13(22-14)15(18)19/h4-6,8H,1-3H3,(H,18,19). The van der Waals surface area contributed by atoms with Gasteiger partial charge in [0.1, 0.15) is 16.0 Å². The van der Waals surface area contributed by atoms with E-state index >= 15 is 0 Å². The maximum Gasteiger partial charge on any atom is 0.347 e. The molecule has 23 heavy (non-hydrogen) atoms. The van der Waals surface area contributed by atoms with E-state index in [-0.39, 0.29) is 15.3 Å². The van der Waals surface area contributed by atoms with Crippen molar-refractivity contribution >= 4 is 27.1 Å². The van der Waals surface area contributed by atoms with Crippen molar-refractivity contribution in [3.8, 4) is 16.6 Å². The van der Waals surface area contributed by atoms with E-state index in [0.717, 1.165) is 11.3 Å². The minimum atomic E-state index is -3.57. The first-order valence-electron chi connectivity index (χ1n) is 6.67. The molecule has 0 atom stereocenters. The van der Waals surface area contributed by atoms with Gasteiger partial charge >= 0.3 is 5.97 Å². The molecule has 1 aromatic heterocycles. The van der Waals surface area contributed by atoms with E-state index in [1.54, 1.807) is 26.8 Å². The van der Waals surface area contributed by atoms with Crippen LogP contribution in [0.2, 0.25) is 0 Å². The molecule has 2 rings (SSSR count). The van der Waals surface area contributed by atoms with E-state index < -0.39 is 21.1 Å². The summed E-state index contributed by atoms with van der Waals surface area (Å²) in [5.74, 6) is -1.06. The molecule has 1 N–H and O–H groups in total. The topological polar surface area (TPSA) is 108 Å². The van der Waals surface area contributed by atoms with Crippen LogP contribution in [0.5, 0.6) is 0 Å². The number of aromatic carboxylic acids is 1. The van der Waals surface area contributed by atoms with Crippen molar-refractivity contribution in [2.24, 2.45) is 0 Å². The van der Waals surface area contributed by atoms with Gasteiger partial charge in [-0.2, -0.15) is 5.26 Å². The van der Waals surface area contributed by atoms with E-state index in [0.29, 0.717) is 16.3 Å². The summed E-state index contributed by atoms with van der Waals surface area (Å²) in [6, 6.07) is 6.24. The van der Waals surface area contributed by atoms with Crippen LogP contribution < -0.4 is 0 Å². The number of thiazole rings is 1. The molecule has 0 saturated heterocycles. The lowest BCUT2D eigenvalue weighted by molar-refractivity contribution is 0.0701. The second kappa shape index (κ2) is 6.10. The first kappa shape index (κ1) is 17.1. The molecule has 0 amide bonds. The maximum atomic E-state index is 12.3. The lowest BCUT2D eigenvalue weighted by atomic mass is 10.1. The Morgan fingerprint density at radius 1 is 1.39 bits per heavy atom. The van der Waals surface area contributed by atoms with Gasteiger partial charge in [-0.3, -0.25) is 0 Å². The third-order valence-electron chi connectivity index (χ3n) is 3.26. The number of benzene rings is 1. The van der Waals surface area contributed by atoms with Crippen LogP contribution in [-0.4, -0.2) is 29.7 Å². The normalized spacial score (nSPS) is 11.4. The largest absolute Gasteiger partial charge is 0.477 e. The highest BCUT2D eigenvalue weighted by molar-refractivity contribution is 7.92. The van der Waals surface area contributed by atoms with Crippen molar-refractivity contribution in [2.75, 3.05) is 0 Å². The second-order valence-corrected chi connectivity index (χ2v) is 8.63. The summed E-state index contributed by atoms with van der Waals surface area (Å²) in [4.78, 5) is 15.4. The van der Waals surface area contributed by atoms with Gasteiger partial charge in [-0.25, -0.2) is 18.2 Å². The molecule has 0 bridgehead atoms. The van der Waals surface area contributed by atoms with Gasteiger partial charge in [0.2, 0.25) is 0 Å². The maximum absolute atomic E-state index is 12.3. The van der Waals surface area contributed by atoms with Crippen molar-refractivity contribution in [3.63, 3.8) is 0 Å². The van der Waals surface area contributed by atoms with Crippen molar-refractivity contribution in [3.05, 3.63) is 34.3 Å². The van der Waals surface area contributed by atoms with E-state index in [1.807, 2.05) is 6.07 Å². The SMILES string of the molecule is Cc1nc(-c2ccc(S(=O)(=O)C(C)C)c(C#N)c2)sc1C(=O)O. The first-order chi connectivity index (χ1) is 10.7. The Morgan fingerprint density at radius 2 is 2.04 bits per heavy atom. The minimum Gasteiger partial charge on any atom is -0.477 e. The van der Waals surface area contributed by atoms with Crippen LogP contribution in [0.4, 0.5) is 0 Å². The Kier molecular flexibility index (Phi) is 4.54. The predicted octanol–water partition coefficient (Wildman–Crippen LogP) is 2.87. The molecular weight excluding hydrogens is 336 g/mol. The van der Waals surface area contributed by atoms with Crippen LogP contribution in [-0.2, 0) is 9.84 Å². The number of carboxylic acids is 1. The molecule has 0 saturated carbocycles. The molecule has 0 aliphatic heterocycles. The summed E-state index contributed by atoms with van der Waals surface area (Å²) in [7, 11) is -3.57. The molecule has 120 valence electrons. The van der Waals surface area contributed by atoms with Gasteiger partial charge in [-0.15, -0.1) is 11.3 Å². The summed E-state index contributed by atoms with van der Waals surface area (Å²) in [6.45, 7) is 4.69. The van der Waals surface area contributed by atoms with Crippen molar-refractivity contribution in [2.45, 2.75) is 30.9 Å². The lowest BCUT2D eigenvalue weighted by Crippen LogP contribution is -2.15. The highest BCUT2D eigenvalue weighted by Gasteiger charge is 2.24. The van der Waals surface area contributed by atoms with Crippen molar-refractivity contribution in [1.82, 2.24) is 4.98 Å². The molecule has 0 fully saturated rings. The fourth-order valence-corrected chi connectivity index (χ4v) is 4.05. The van der Waals surface area contributed by atoms with E-state index in [4.69, 9.17) is 5.11 Å². The Bertz CT molecular complexity index is 921. The summed E-state index contributed by atoms with van der Waals surface area (Å²) in [6.07, 6.45) is 0. The highest BCUT2D eigenvalue weighted by Crippen LogP contribution is 2.31. The minimum absolute atomic E-state index is 0.0227. The number of sulfone groups is 1. The number of nitriles is 1. The average Bonchev–Trinajstić information content (AvgIpc) is 2.88. The van der Waals surface area contributed by atoms with E-state index in [2.05, 4.69) is 4.98 Å². The molecule has 0 aliphatic carbocycles. The van der Waals surface area contributed by atoms with Gasteiger partial charge in [0.15, 0.2) is 9.84 Å². The Labute approximate surface area is 138 Å². The number of hydrogen-bond acceptors (Lipinski definition) is 6. The predicted molar refractivity (Wildman–Crippen MR) is 86.3 cm³/mol. The molecule has 1 aromatic carbocycles. The summed E-state index contributed by atoms with van der Waals surface area (Å²) in [5, 5.41) is 18.1. The lowest BCUT2D eigenvalue weighted by Gasteiger charge is -2.10. The van der Waals surface area contributed by atoms with Crippen LogP contribution in [0.15, 0.2) is 23.1 Å². The zero-order chi connectivity index (χ0) is 17.4. The monoisotopic (exact) mass is 350 g/mol. The highest BCUT2D eigenvalue weighted by atomic mass is 32.2.